The highest BCUT2D eigenvalue weighted by molar-refractivity contribution is 6.06. The van der Waals surface area contributed by atoms with E-state index in [0.717, 1.165) is 0 Å². The van der Waals surface area contributed by atoms with Crippen molar-refractivity contribution in [1.29, 1.82) is 0 Å². The summed E-state index contributed by atoms with van der Waals surface area (Å²) in [5, 5.41) is 9.29. The average molecular weight is 320 g/mol. The minimum Gasteiger partial charge on any atom is -0.459 e. The van der Waals surface area contributed by atoms with Gasteiger partial charge in [0, 0.05) is 17.6 Å². The fourth-order valence-electron chi connectivity index (χ4n) is 1.75. The number of Topliss-reactive ketones (excluding diaryl/α,β-unsaturated/α-hetero) is 1. The predicted molar refractivity (Wildman–Crippen MR) is 83.1 cm³/mol. The lowest BCUT2D eigenvalue weighted by Crippen LogP contribution is -2.18. The molecule has 1 rings (SSSR count). The Bertz CT molecular complexity index is 603. The predicted octanol–water partition coefficient (Wildman–Crippen LogP) is 1.92. The highest BCUT2D eigenvalue weighted by Crippen LogP contribution is 2.14. The highest BCUT2D eigenvalue weighted by atomic mass is 16.6. The topological polar surface area (TPSA) is 89.9 Å². The summed E-state index contributed by atoms with van der Waals surface area (Å²) in [4.78, 5) is 35.2. The van der Waals surface area contributed by atoms with Crippen molar-refractivity contribution in [2.24, 2.45) is 0 Å². The Kier molecular flexibility index (Phi) is 7.15. The summed E-state index contributed by atoms with van der Waals surface area (Å²) in [6.07, 6.45) is -0.881. The van der Waals surface area contributed by atoms with Crippen molar-refractivity contribution < 1.29 is 29.0 Å². The Morgan fingerprint density at radius 2 is 1.70 bits per heavy atom. The maximum Gasteiger partial charge on any atom is 0.338 e. The molecule has 0 radical (unpaired) electrons. The first kappa shape index (κ1) is 18.6. The Labute approximate surface area is 134 Å². The van der Waals surface area contributed by atoms with Crippen LogP contribution in [-0.2, 0) is 14.3 Å². The van der Waals surface area contributed by atoms with E-state index in [1.54, 1.807) is 12.1 Å². The van der Waals surface area contributed by atoms with Crippen molar-refractivity contribution in [3.63, 3.8) is 0 Å². The maximum atomic E-state index is 12.0. The van der Waals surface area contributed by atoms with E-state index in [1.807, 2.05) is 0 Å². The largest absolute Gasteiger partial charge is 0.459 e. The van der Waals surface area contributed by atoms with Gasteiger partial charge in [0.1, 0.15) is 13.2 Å². The molecule has 1 atom stereocenters. The third-order valence-corrected chi connectivity index (χ3v) is 2.83. The number of esters is 2. The molecule has 1 unspecified atom stereocenters. The first-order valence-electron chi connectivity index (χ1n) is 7.13. The molecule has 0 aromatic heterocycles. The molecule has 6 nitrogen and oxygen atoms in total. The third-order valence-electron chi connectivity index (χ3n) is 2.83. The molecule has 1 aromatic carbocycles. The maximum absolute atomic E-state index is 12.0. The second-order valence-corrected chi connectivity index (χ2v) is 5.07. The van der Waals surface area contributed by atoms with Gasteiger partial charge in [-0.15, -0.1) is 0 Å². The van der Waals surface area contributed by atoms with Crippen LogP contribution in [0.2, 0.25) is 0 Å². The second-order valence-electron chi connectivity index (χ2n) is 5.07. The van der Waals surface area contributed by atoms with Gasteiger partial charge in [-0.3, -0.25) is 4.79 Å². The fraction of sp³-hybridized carbons (Fsp3) is 0.353. The van der Waals surface area contributed by atoms with Gasteiger partial charge in [-0.05, 0) is 19.9 Å². The van der Waals surface area contributed by atoms with E-state index < -0.39 is 18.0 Å². The van der Waals surface area contributed by atoms with Gasteiger partial charge >= 0.3 is 11.9 Å². The van der Waals surface area contributed by atoms with E-state index in [0.29, 0.717) is 0 Å². The zero-order valence-corrected chi connectivity index (χ0v) is 13.2. The summed E-state index contributed by atoms with van der Waals surface area (Å²) in [7, 11) is 0. The number of aliphatic hydroxyl groups is 1. The Morgan fingerprint density at radius 3 is 2.26 bits per heavy atom. The number of ketones is 1. The molecule has 0 aliphatic carbocycles. The van der Waals surface area contributed by atoms with Crippen molar-refractivity contribution in [2.45, 2.75) is 26.4 Å². The molecule has 0 heterocycles. The summed E-state index contributed by atoms with van der Waals surface area (Å²) >= 11 is 0. The molecule has 1 aromatic rings. The minimum atomic E-state index is -0.798. The molecule has 23 heavy (non-hydrogen) atoms. The van der Waals surface area contributed by atoms with Gasteiger partial charge in [-0.2, -0.15) is 0 Å². The molecule has 0 spiro atoms. The average Bonchev–Trinajstić information content (AvgIpc) is 2.50. The quantitative estimate of drug-likeness (QED) is 0.341. The first-order chi connectivity index (χ1) is 10.8. The van der Waals surface area contributed by atoms with E-state index in [2.05, 4.69) is 6.58 Å². The van der Waals surface area contributed by atoms with E-state index in [-0.39, 0.29) is 42.1 Å². The van der Waals surface area contributed by atoms with Crippen LogP contribution in [0.25, 0.3) is 0 Å². The van der Waals surface area contributed by atoms with Crippen LogP contribution in [0, 0.1) is 0 Å². The molecule has 1 N–H and O–H groups in total. The summed E-state index contributed by atoms with van der Waals surface area (Å²) in [6, 6.07) is 6.21. The van der Waals surface area contributed by atoms with Crippen molar-refractivity contribution in [3.05, 3.63) is 47.5 Å². The minimum absolute atomic E-state index is 0.0828. The number of ether oxygens (including phenoxy) is 2. The third kappa shape index (κ3) is 6.04. The second kappa shape index (κ2) is 8.85. The van der Waals surface area contributed by atoms with E-state index >= 15 is 0 Å². The number of aliphatic hydroxyl groups excluding tert-OH is 1. The van der Waals surface area contributed by atoms with E-state index in [9.17, 15) is 19.5 Å². The van der Waals surface area contributed by atoms with Crippen LogP contribution >= 0.6 is 0 Å². The van der Waals surface area contributed by atoms with E-state index in [4.69, 9.17) is 9.47 Å². The Hall–Kier alpha value is -2.47. The van der Waals surface area contributed by atoms with Crippen molar-refractivity contribution in [2.75, 3.05) is 13.2 Å². The molecule has 0 aliphatic rings. The molecule has 0 saturated heterocycles. The molecule has 0 amide bonds. The lowest BCUT2D eigenvalue weighted by molar-refractivity contribution is -0.140. The standard InChI is InChI=1S/C17H20O6/c1-11(2)16(20)22-8-9-23-17(21)14-7-5-4-6-13(14)15(19)10-12(3)18/h4-7,12,18H,1,8-10H2,2-3H3. The fourth-order valence-corrected chi connectivity index (χ4v) is 1.75. The van der Waals surface area contributed by atoms with Gasteiger partial charge in [0.05, 0.1) is 11.7 Å². The van der Waals surface area contributed by atoms with Crippen LogP contribution in [0.1, 0.15) is 41.0 Å². The molecule has 0 saturated carbocycles. The lowest BCUT2D eigenvalue weighted by Gasteiger charge is -2.10. The Morgan fingerprint density at radius 1 is 1.13 bits per heavy atom. The normalized spacial score (nSPS) is 11.4. The van der Waals surface area contributed by atoms with Crippen molar-refractivity contribution in [3.8, 4) is 0 Å². The number of carbonyl (C=O) groups excluding carboxylic acids is 3. The molecular formula is C17H20O6. The van der Waals surface area contributed by atoms with Gasteiger partial charge < -0.3 is 14.6 Å². The monoisotopic (exact) mass is 320 g/mol. The van der Waals surface area contributed by atoms with Gasteiger partial charge in [-0.25, -0.2) is 9.59 Å². The zero-order chi connectivity index (χ0) is 17.4. The number of carbonyl (C=O) groups is 3. The first-order valence-corrected chi connectivity index (χ1v) is 7.13. The molecular weight excluding hydrogens is 300 g/mol. The zero-order valence-electron chi connectivity index (χ0n) is 13.2. The summed E-state index contributed by atoms with van der Waals surface area (Å²) < 4.78 is 9.80. The van der Waals surface area contributed by atoms with Gasteiger partial charge in [0.2, 0.25) is 0 Å². The lowest BCUT2D eigenvalue weighted by atomic mass is 10.00. The summed E-state index contributed by atoms with van der Waals surface area (Å²) in [6.45, 7) is 6.21. The smallest absolute Gasteiger partial charge is 0.338 e. The van der Waals surface area contributed by atoms with Crippen LogP contribution in [-0.4, -0.2) is 42.1 Å². The molecule has 0 aliphatic heterocycles. The number of hydrogen-bond acceptors (Lipinski definition) is 6. The number of benzene rings is 1. The highest BCUT2D eigenvalue weighted by Gasteiger charge is 2.18. The van der Waals surface area contributed by atoms with E-state index in [1.165, 1.54) is 26.0 Å². The van der Waals surface area contributed by atoms with Crippen molar-refractivity contribution in [1.82, 2.24) is 0 Å². The molecule has 6 heteroatoms. The SMILES string of the molecule is C=C(C)C(=O)OCCOC(=O)c1ccccc1C(=O)CC(C)O. The van der Waals surface area contributed by atoms with Crippen LogP contribution < -0.4 is 0 Å². The van der Waals surface area contributed by atoms with Gasteiger partial charge in [0.25, 0.3) is 0 Å². The van der Waals surface area contributed by atoms with Crippen molar-refractivity contribution >= 4 is 17.7 Å². The van der Waals surface area contributed by atoms with Crippen LogP contribution in [0.5, 0.6) is 0 Å². The van der Waals surface area contributed by atoms with Crippen LogP contribution in [0.3, 0.4) is 0 Å². The van der Waals surface area contributed by atoms with Gasteiger partial charge in [-0.1, -0.05) is 24.8 Å². The summed E-state index contributed by atoms with van der Waals surface area (Å²) in [5.74, 6) is -1.60. The summed E-state index contributed by atoms with van der Waals surface area (Å²) in [5.41, 5.74) is 0.562. The number of hydrogen-bond donors (Lipinski definition) is 1. The number of rotatable bonds is 8. The Balaban J connectivity index is 2.64. The van der Waals surface area contributed by atoms with Gasteiger partial charge in [0.15, 0.2) is 5.78 Å². The van der Waals surface area contributed by atoms with Crippen LogP contribution in [0.15, 0.2) is 36.4 Å². The molecule has 0 fully saturated rings. The molecule has 0 bridgehead atoms. The molecule has 124 valence electrons. The van der Waals surface area contributed by atoms with Crippen LogP contribution in [0.4, 0.5) is 0 Å².